The number of likely N-dealkylation sites (tertiary alicyclic amines) is 1. The molecular weight excluding hydrogens is 541 g/mol. The van der Waals surface area contributed by atoms with Gasteiger partial charge in [-0.15, -0.1) is 0 Å². The van der Waals surface area contributed by atoms with Crippen LogP contribution in [0.2, 0.25) is 0 Å². The largest absolute Gasteiger partial charge is 0.449 e. The Kier molecular flexibility index (Phi) is 7.92. The number of H-pyrrole nitrogens is 1. The highest BCUT2D eigenvalue weighted by atomic mass is 19.1. The molecule has 2 aromatic carbocycles. The van der Waals surface area contributed by atoms with Crippen molar-refractivity contribution in [3.63, 3.8) is 0 Å². The molecule has 14 heteroatoms. The summed E-state index contributed by atoms with van der Waals surface area (Å²) in [5.41, 5.74) is 1.01. The van der Waals surface area contributed by atoms with Gasteiger partial charge in [0.05, 0.1) is 6.61 Å². The van der Waals surface area contributed by atoms with Gasteiger partial charge in [0.1, 0.15) is 5.82 Å². The maximum atomic E-state index is 14.6. The number of nitrogens with one attached hydrogen (secondary N) is 2. The zero-order chi connectivity index (χ0) is 29.1. The van der Waals surface area contributed by atoms with Crippen molar-refractivity contribution < 1.29 is 37.6 Å². The zero-order valence-electron chi connectivity index (χ0n) is 21.9. The van der Waals surface area contributed by atoms with E-state index in [9.17, 15) is 28.4 Å². The minimum atomic E-state index is -1.67. The van der Waals surface area contributed by atoms with E-state index in [1.54, 1.807) is 17.0 Å². The van der Waals surface area contributed by atoms with Crippen LogP contribution in [0.1, 0.15) is 30.1 Å². The fourth-order valence-electron chi connectivity index (χ4n) is 4.75. The summed E-state index contributed by atoms with van der Waals surface area (Å²) in [5, 5.41) is 6.16. The lowest BCUT2D eigenvalue weighted by Crippen LogP contribution is -2.56. The summed E-state index contributed by atoms with van der Waals surface area (Å²) in [6.07, 6.45) is -1.48. The van der Waals surface area contributed by atoms with Crippen LogP contribution in [0.4, 0.5) is 15.8 Å². The lowest BCUT2D eigenvalue weighted by Gasteiger charge is -2.35. The summed E-state index contributed by atoms with van der Waals surface area (Å²) in [5.74, 6) is -3.98. The number of benzene rings is 2. The number of morpholine rings is 1. The van der Waals surface area contributed by atoms with Crippen molar-refractivity contribution in [1.82, 2.24) is 15.0 Å². The quantitative estimate of drug-likeness (QED) is 0.405. The Labute approximate surface area is 232 Å². The number of amides is 3. The number of nitrogens with zero attached hydrogens (tertiary/aromatic N) is 3. The van der Waals surface area contributed by atoms with Crippen molar-refractivity contribution in [2.24, 2.45) is 0 Å². The molecule has 2 N–H and O–H groups in total. The first-order valence-corrected chi connectivity index (χ1v) is 12.9. The van der Waals surface area contributed by atoms with Crippen LogP contribution in [-0.2, 0) is 23.9 Å². The first-order valence-electron chi connectivity index (χ1n) is 12.9. The Hall–Kier alpha value is -4.85. The summed E-state index contributed by atoms with van der Waals surface area (Å²) in [6.45, 7) is 2.21. The summed E-state index contributed by atoms with van der Waals surface area (Å²) in [6, 6.07) is 9.78. The molecule has 0 saturated carbocycles. The third-order valence-corrected chi connectivity index (χ3v) is 6.65. The van der Waals surface area contributed by atoms with Gasteiger partial charge in [0.2, 0.25) is 6.10 Å². The average Bonchev–Trinajstić information content (AvgIpc) is 3.64. The lowest BCUT2D eigenvalue weighted by atomic mass is 10.1. The van der Waals surface area contributed by atoms with Crippen molar-refractivity contribution in [2.45, 2.75) is 32.0 Å². The van der Waals surface area contributed by atoms with Gasteiger partial charge in [-0.05, 0) is 55.3 Å². The molecule has 2 unspecified atom stereocenters. The molecule has 214 valence electrons. The Morgan fingerprint density at radius 3 is 2.49 bits per heavy atom. The van der Waals surface area contributed by atoms with E-state index in [2.05, 4.69) is 20.0 Å². The van der Waals surface area contributed by atoms with Gasteiger partial charge in [0.15, 0.2) is 11.9 Å². The van der Waals surface area contributed by atoms with E-state index in [-0.39, 0.29) is 41.8 Å². The zero-order valence-corrected chi connectivity index (χ0v) is 21.9. The van der Waals surface area contributed by atoms with Gasteiger partial charge in [0, 0.05) is 49.1 Å². The topological polar surface area (TPSA) is 164 Å². The highest BCUT2D eigenvalue weighted by Gasteiger charge is 2.43. The lowest BCUT2D eigenvalue weighted by molar-refractivity contribution is -0.167. The molecule has 0 spiro atoms. The van der Waals surface area contributed by atoms with Gasteiger partial charge in [0.25, 0.3) is 17.7 Å². The van der Waals surface area contributed by atoms with Crippen molar-refractivity contribution in [1.29, 1.82) is 0 Å². The molecular formula is C27H26FN5O8. The molecule has 2 aliphatic heterocycles. The fourth-order valence-corrected chi connectivity index (χ4v) is 4.75. The molecule has 2 atom stereocenters. The second kappa shape index (κ2) is 11.7. The molecule has 3 aromatic rings. The van der Waals surface area contributed by atoms with Crippen LogP contribution in [0.15, 0.2) is 51.8 Å². The number of aromatic nitrogens is 2. The standard InChI is InChI=1S/C27H26FN5O8/c1-15(34)40-21(24(35)29-19-6-4-16(5-7-19)23-30-27(38)41-31-23)22-26(37)33(10-11-39-22)20-13-17(12-18(28)14-20)25(36)32-8-2-3-9-32/h4-7,12-14,21-22H,2-3,8-11H2,1H3,(H,29,35)(H,30,31,38). The number of ether oxygens (including phenoxy) is 2. The molecule has 2 aliphatic rings. The number of anilines is 2. The van der Waals surface area contributed by atoms with Crippen molar-refractivity contribution >= 4 is 35.1 Å². The first-order chi connectivity index (χ1) is 19.7. The van der Waals surface area contributed by atoms with Gasteiger partial charge >= 0.3 is 11.7 Å². The van der Waals surface area contributed by atoms with Gasteiger partial charge in [-0.3, -0.25) is 28.7 Å². The Balaban J connectivity index is 1.35. The Bertz CT molecular complexity index is 1530. The monoisotopic (exact) mass is 567 g/mol. The van der Waals surface area contributed by atoms with Crippen molar-refractivity contribution in [2.75, 3.05) is 36.5 Å². The van der Waals surface area contributed by atoms with E-state index in [1.807, 2.05) is 0 Å². The number of halogens is 1. The van der Waals surface area contributed by atoms with Gasteiger partial charge in [-0.2, -0.15) is 0 Å². The van der Waals surface area contributed by atoms with E-state index in [4.69, 9.17) is 9.47 Å². The Morgan fingerprint density at radius 2 is 1.83 bits per heavy atom. The molecule has 3 amide bonds. The first kappa shape index (κ1) is 27.7. The highest BCUT2D eigenvalue weighted by molar-refractivity contribution is 6.05. The maximum Gasteiger partial charge on any atom is 0.439 e. The number of rotatable bonds is 7. The summed E-state index contributed by atoms with van der Waals surface area (Å²) >= 11 is 0. The van der Waals surface area contributed by atoms with E-state index >= 15 is 0 Å². The minimum Gasteiger partial charge on any atom is -0.449 e. The molecule has 13 nitrogen and oxygen atoms in total. The molecule has 0 radical (unpaired) electrons. The smallest absolute Gasteiger partial charge is 0.439 e. The predicted molar refractivity (Wildman–Crippen MR) is 140 cm³/mol. The molecule has 41 heavy (non-hydrogen) atoms. The van der Waals surface area contributed by atoms with Crippen molar-refractivity contribution in [3.05, 3.63) is 64.4 Å². The van der Waals surface area contributed by atoms with Crippen LogP contribution in [-0.4, -0.2) is 77.2 Å². The third-order valence-electron chi connectivity index (χ3n) is 6.65. The summed E-state index contributed by atoms with van der Waals surface area (Å²) in [4.78, 5) is 67.9. The fraction of sp³-hybridized carbons (Fsp3) is 0.333. The number of hydrogen-bond donors (Lipinski definition) is 2. The summed E-state index contributed by atoms with van der Waals surface area (Å²) in [7, 11) is 0. The van der Waals surface area contributed by atoms with Crippen molar-refractivity contribution in [3.8, 4) is 11.4 Å². The molecule has 0 bridgehead atoms. The van der Waals surface area contributed by atoms with Crippen LogP contribution >= 0.6 is 0 Å². The molecule has 0 aliphatic carbocycles. The number of carbonyl (C=O) groups is 4. The van der Waals surface area contributed by atoms with Crippen LogP contribution < -0.4 is 16.0 Å². The number of aromatic amines is 1. The summed E-state index contributed by atoms with van der Waals surface area (Å²) < 4.78 is 29.9. The van der Waals surface area contributed by atoms with E-state index < -0.39 is 41.6 Å². The van der Waals surface area contributed by atoms with Gasteiger partial charge in [-0.1, -0.05) is 5.16 Å². The van der Waals surface area contributed by atoms with Gasteiger partial charge in [-0.25, -0.2) is 9.18 Å². The number of carbonyl (C=O) groups excluding carboxylic acids is 4. The van der Waals surface area contributed by atoms with E-state index in [0.717, 1.165) is 31.9 Å². The maximum absolute atomic E-state index is 14.6. The van der Waals surface area contributed by atoms with Crippen LogP contribution in [0.25, 0.3) is 11.4 Å². The van der Waals surface area contributed by atoms with Gasteiger partial charge < -0.3 is 24.6 Å². The van der Waals surface area contributed by atoms with Crippen LogP contribution in [0, 0.1) is 5.82 Å². The number of esters is 1. The number of hydrogen-bond acceptors (Lipinski definition) is 9. The highest BCUT2D eigenvalue weighted by Crippen LogP contribution is 2.26. The third kappa shape index (κ3) is 6.17. The minimum absolute atomic E-state index is 0.0240. The SMILES string of the molecule is CC(=O)OC(C(=O)Nc1ccc(-c2noc(=O)[nH]2)cc1)C1OCCN(c2cc(F)cc(C(=O)N3CCCC3)c2)C1=O. The molecule has 2 saturated heterocycles. The molecule has 5 rings (SSSR count). The Morgan fingerprint density at radius 1 is 1.10 bits per heavy atom. The molecule has 1 aromatic heterocycles. The second-order valence-corrected chi connectivity index (χ2v) is 9.52. The predicted octanol–water partition coefficient (Wildman–Crippen LogP) is 1.71. The normalized spacial score (nSPS) is 17.8. The van der Waals surface area contributed by atoms with Crippen LogP contribution in [0.3, 0.4) is 0 Å². The van der Waals surface area contributed by atoms with Crippen LogP contribution in [0.5, 0.6) is 0 Å². The molecule has 3 heterocycles. The molecule has 2 fully saturated rings. The second-order valence-electron chi connectivity index (χ2n) is 9.52. The van der Waals surface area contributed by atoms with E-state index in [0.29, 0.717) is 18.7 Å². The van der Waals surface area contributed by atoms with E-state index in [1.165, 1.54) is 23.1 Å². The average molecular weight is 568 g/mol.